The molecule has 0 saturated carbocycles. The molecule has 102 valence electrons. The summed E-state index contributed by atoms with van der Waals surface area (Å²) in [5, 5.41) is 4.27. The molecule has 0 fully saturated rings. The van der Waals surface area contributed by atoms with E-state index in [1.807, 2.05) is 26.0 Å². The van der Waals surface area contributed by atoms with Crippen molar-refractivity contribution in [2.24, 2.45) is 0 Å². The van der Waals surface area contributed by atoms with E-state index in [0.717, 1.165) is 16.5 Å². The summed E-state index contributed by atoms with van der Waals surface area (Å²) in [6, 6.07) is 8.29. The standard InChI is InChI=1S/C14H17IN2OS/c1-4-18-13(15)12-10(3)16-14(19-12)17-11-7-5-6-9(2)8-11/h5-8,13H,4H2,1-3H3,(H,16,17). The molecule has 0 aliphatic carbocycles. The van der Waals surface area contributed by atoms with Gasteiger partial charge in [-0.1, -0.05) is 23.5 Å². The molecule has 1 heterocycles. The molecule has 1 aromatic heterocycles. The molecule has 19 heavy (non-hydrogen) atoms. The summed E-state index contributed by atoms with van der Waals surface area (Å²) in [4.78, 5) is 5.74. The fraction of sp³-hybridized carbons (Fsp3) is 0.357. The molecule has 1 atom stereocenters. The summed E-state index contributed by atoms with van der Waals surface area (Å²) >= 11 is 3.96. The predicted octanol–water partition coefficient (Wildman–Crippen LogP) is 4.97. The van der Waals surface area contributed by atoms with Crippen LogP contribution in [0.2, 0.25) is 0 Å². The Hall–Kier alpha value is -0.660. The van der Waals surface area contributed by atoms with E-state index in [-0.39, 0.29) is 4.11 Å². The molecule has 0 saturated heterocycles. The molecule has 0 aliphatic heterocycles. The number of hydrogen-bond donors (Lipinski definition) is 1. The van der Waals surface area contributed by atoms with Gasteiger partial charge in [0, 0.05) is 12.3 Å². The number of nitrogens with one attached hydrogen (secondary N) is 1. The van der Waals surface area contributed by atoms with Crippen LogP contribution in [0.1, 0.15) is 27.2 Å². The van der Waals surface area contributed by atoms with Gasteiger partial charge < -0.3 is 10.1 Å². The predicted molar refractivity (Wildman–Crippen MR) is 89.7 cm³/mol. The van der Waals surface area contributed by atoms with E-state index >= 15 is 0 Å². The quantitative estimate of drug-likeness (QED) is 0.580. The highest BCUT2D eigenvalue weighted by molar-refractivity contribution is 14.1. The van der Waals surface area contributed by atoms with Crippen LogP contribution >= 0.6 is 33.9 Å². The number of ether oxygens (including phenoxy) is 1. The second-order valence-electron chi connectivity index (χ2n) is 4.23. The van der Waals surface area contributed by atoms with Gasteiger partial charge in [-0.05, 0) is 61.1 Å². The minimum atomic E-state index is 0.0770. The molecule has 1 N–H and O–H groups in total. The van der Waals surface area contributed by atoms with Gasteiger partial charge in [-0.15, -0.1) is 0 Å². The molecule has 1 unspecified atom stereocenters. The lowest BCUT2D eigenvalue weighted by Crippen LogP contribution is -1.95. The molecular formula is C14H17IN2OS. The highest BCUT2D eigenvalue weighted by Crippen LogP contribution is 2.35. The first-order valence-electron chi connectivity index (χ1n) is 6.17. The average Bonchev–Trinajstić information content (AvgIpc) is 2.70. The number of aryl methyl sites for hydroxylation is 2. The number of benzene rings is 1. The average molecular weight is 388 g/mol. The maximum atomic E-state index is 5.62. The van der Waals surface area contributed by atoms with E-state index in [1.54, 1.807) is 11.3 Å². The van der Waals surface area contributed by atoms with Gasteiger partial charge in [-0.25, -0.2) is 4.98 Å². The highest BCUT2D eigenvalue weighted by Gasteiger charge is 2.15. The van der Waals surface area contributed by atoms with E-state index in [0.29, 0.717) is 6.61 Å². The molecule has 2 rings (SSSR count). The van der Waals surface area contributed by atoms with Gasteiger partial charge in [0.05, 0.1) is 10.6 Å². The van der Waals surface area contributed by atoms with Gasteiger partial charge in [0.15, 0.2) is 5.13 Å². The van der Waals surface area contributed by atoms with Gasteiger partial charge >= 0.3 is 0 Å². The number of thiazole rings is 1. The summed E-state index contributed by atoms with van der Waals surface area (Å²) in [6.07, 6.45) is 0. The molecule has 0 bridgehead atoms. The van der Waals surface area contributed by atoms with Crippen molar-refractivity contribution < 1.29 is 4.74 Å². The first kappa shape index (κ1) is 14.7. The number of nitrogens with zero attached hydrogens (tertiary/aromatic N) is 1. The second-order valence-corrected chi connectivity index (χ2v) is 6.40. The molecule has 3 nitrogen and oxygen atoms in total. The van der Waals surface area contributed by atoms with E-state index in [4.69, 9.17) is 4.74 Å². The van der Waals surface area contributed by atoms with Crippen LogP contribution in [0.3, 0.4) is 0 Å². The van der Waals surface area contributed by atoms with Crippen molar-refractivity contribution in [1.82, 2.24) is 4.98 Å². The van der Waals surface area contributed by atoms with Gasteiger partial charge in [0.25, 0.3) is 0 Å². The number of hydrogen-bond acceptors (Lipinski definition) is 4. The van der Waals surface area contributed by atoms with Crippen LogP contribution in [0, 0.1) is 13.8 Å². The molecule has 5 heteroatoms. The summed E-state index contributed by atoms with van der Waals surface area (Å²) in [5.41, 5.74) is 3.34. The number of halogens is 1. The highest BCUT2D eigenvalue weighted by atomic mass is 127. The summed E-state index contributed by atoms with van der Waals surface area (Å²) in [6.45, 7) is 6.83. The van der Waals surface area contributed by atoms with E-state index in [1.165, 1.54) is 10.4 Å². The SMILES string of the molecule is CCOC(I)c1sc(Nc2cccc(C)c2)nc1C. The Morgan fingerprint density at radius 2 is 2.21 bits per heavy atom. The first-order chi connectivity index (χ1) is 9.10. The van der Waals surface area contributed by atoms with Crippen molar-refractivity contribution >= 4 is 44.7 Å². The molecule has 2 aromatic rings. The maximum absolute atomic E-state index is 5.62. The third-order valence-electron chi connectivity index (χ3n) is 2.62. The minimum absolute atomic E-state index is 0.0770. The summed E-state index contributed by atoms with van der Waals surface area (Å²) in [5.74, 6) is 0. The lowest BCUT2D eigenvalue weighted by Gasteiger charge is -2.07. The second kappa shape index (κ2) is 6.67. The van der Waals surface area contributed by atoms with Crippen molar-refractivity contribution in [3.05, 3.63) is 40.4 Å². The Kier molecular flexibility index (Phi) is 5.18. The topological polar surface area (TPSA) is 34.1 Å². The maximum Gasteiger partial charge on any atom is 0.187 e. The Morgan fingerprint density at radius 1 is 1.42 bits per heavy atom. The molecule has 0 amide bonds. The van der Waals surface area contributed by atoms with Crippen LogP contribution in [0.4, 0.5) is 10.8 Å². The van der Waals surface area contributed by atoms with Crippen molar-refractivity contribution in [2.75, 3.05) is 11.9 Å². The molecule has 0 spiro atoms. The molecule has 0 aliphatic rings. The largest absolute Gasteiger partial charge is 0.362 e. The van der Waals surface area contributed by atoms with E-state index < -0.39 is 0 Å². The van der Waals surface area contributed by atoms with Gasteiger partial charge in [-0.3, -0.25) is 0 Å². The zero-order chi connectivity index (χ0) is 13.8. The van der Waals surface area contributed by atoms with Crippen molar-refractivity contribution in [3.8, 4) is 0 Å². The fourth-order valence-corrected chi connectivity index (χ4v) is 3.85. The monoisotopic (exact) mass is 388 g/mol. The molecular weight excluding hydrogens is 371 g/mol. The van der Waals surface area contributed by atoms with Gasteiger partial charge in [-0.2, -0.15) is 0 Å². The van der Waals surface area contributed by atoms with Crippen LogP contribution in [-0.4, -0.2) is 11.6 Å². The minimum Gasteiger partial charge on any atom is -0.362 e. The Morgan fingerprint density at radius 3 is 2.89 bits per heavy atom. The number of aromatic nitrogens is 1. The van der Waals surface area contributed by atoms with Crippen LogP contribution in [0.5, 0.6) is 0 Å². The third kappa shape index (κ3) is 3.90. The number of rotatable bonds is 5. The molecule has 0 radical (unpaired) electrons. The zero-order valence-electron chi connectivity index (χ0n) is 11.2. The first-order valence-corrected chi connectivity index (χ1v) is 8.23. The third-order valence-corrected chi connectivity index (χ3v) is 5.14. The zero-order valence-corrected chi connectivity index (χ0v) is 14.2. The number of anilines is 2. The lowest BCUT2D eigenvalue weighted by molar-refractivity contribution is 0.139. The molecule has 1 aromatic carbocycles. The van der Waals surface area contributed by atoms with Crippen LogP contribution in [0.25, 0.3) is 0 Å². The summed E-state index contributed by atoms with van der Waals surface area (Å²) < 4.78 is 5.70. The Labute approximate surface area is 131 Å². The van der Waals surface area contributed by atoms with E-state index in [9.17, 15) is 0 Å². The van der Waals surface area contributed by atoms with Crippen LogP contribution < -0.4 is 5.32 Å². The van der Waals surface area contributed by atoms with Crippen molar-refractivity contribution in [3.63, 3.8) is 0 Å². The smallest absolute Gasteiger partial charge is 0.187 e. The Balaban J connectivity index is 2.16. The van der Waals surface area contributed by atoms with Gasteiger partial charge in [0.1, 0.15) is 4.11 Å². The summed E-state index contributed by atoms with van der Waals surface area (Å²) in [7, 11) is 0. The number of alkyl halides is 1. The normalized spacial score (nSPS) is 12.4. The van der Waals surface area contributed by atoms with Crippen LogP contribution in [0.15, 0.2) is 24.3 Å². The fourth-order valence-electron chi connectivity index (χ4n) is 1.74. The lowest BCUT2D eigenvalue weighted by atomic mass is 10.2. The Bertz CT molecular complexity index is 556. The van der Waals surface area contributed by atoms with E-state index in [2.05, 4.69) is 51.9 Å². The van der Waals surface area contributed by atoms with Crippen molar-refractivity contribution in [1.29, 1.82) is 0 Å². The van der Waals surface area contributed by atoms with Crippen molar-refractivity contribution in [2.45, 2.75) is 24.9 Å². The van der Waals surface area contributed by atoms with Crippen LogP contribution in [-0.2, 0) is 4.74 Å². The van der Waals surface area contributed by atoms with Gasteiger partial charge in [0.2, 0.25) is 0 Å².